The predicted molar refractivity (Wildman–Crippen MR) is 77.2 cm³/mol. The quantitative estimate of drug-likeness (QED) is 0.907. The van der Waals surface area contributed by atoms with Crippen LogP contribution in [0.2, 0.25) is 0 Å². The maximum absolute atomic E-state index is 6.47. The van der Waals surface area contributed by atoms with Crippen molar-refractivity contribution in [2.75, 3.05) is 6.61 Å². The number of nitrogens with two attached hydrogens (primary N) is 1. The third-order valence-corrected chi connectivity index (χ3v) is 4.29. The van der Waals surface area contributed by atoms with Crippen LogP contribution >= 0.6 is 0 Å². The molecule has 0 radical (unpaired) electrons. The number of hydrogen-bond donors (Lipinski definition) is 1. The second-order valence-electron chi connectivity index (χ2n) is 5.51. The smallest absolute Gasteiger partial charge is 0.119 e. The van der Waals surface area contributed by atoms with Gasteiger partial charge >= 0.3 is 0 Å². The first kappa shape index (κ1) is 14.4. The van der Waals surface area contributed by atoms with E-state index in [1.165, 1.54) is 0 Å². The molecule has 0 spiro atoms. The van der Waals surface area contributed by atoms with Crippen molar-refractivity contribution in [1.29, 1.82) is 0 Å². The van der Waals surface area contributed by atoms with E-state index in [4.69, 9.17) is 15.2 Å². The van der Waals surface area contributed by atoms with Crippen molar-refractivity contribution < 1.29 is 9.47 Å². The summed E-state index contributed by atoms with van der Waals surface area (Å²) in [6.45, 7) is 9.14. The minimum Gasteiger partial charge on any atom is -0.494 e. The molecule has 1 aromatic rings. The van der Waals surface area contributed by atoms with E-state index in [1.807, 2.05) is 19.1 Å². The van der Waals surface area contributed by atoms with Gasteiger partial charge in [0.1, 0.15) is 5.75 Å². The van der Waals surface area contributed by atoms with Gasteiger partial charge in [-0.1, -0.05) is 19.1 Å². The molecule has 5 atom stereocenters. The number of rotatable bonds is 4. The Bertz CT molecular complexity index is 421. The van der Waals surface area contributed by atoms with Gasteiger partial charge < -0.3 is 15.2 Å². The average molecular weight is 263 g/mol. The van der Waals surface area contributed by atoms with E-state index in [1.54, 1.807) is 0 Å². The summed E-state index contributed by atoms with van der Waals surface area (Å²) in [4.78, 5) is 0. The SMILES string of the molecule is CCOc1cccc(C(N)C2C(C)OC(C)C2C)c1. The maximum Gasteiger partial charge on any atom is 0.119 e. The molecule has 1 saturated heterocycles. The fourth-order valence-electron chi connectivity index (χ4n) is 3.11. The molecule has 1 fully saturated rings. The van der Waals surface area contributed by atoms with E-state index < -0.39 is 0 Å². The van der Waals surface area contributed by atoms with E-state index in [0.717, 1.165) is 11.3 Å². The Hall–Kier alpha value is -1.06. The first-order valence-electron chi connectivity index (χ1n) is 7.18. The van der Waals surface area contributed by atoms with Crippen molar-refractivity contribution in [3.05, 3.63) is 29.8 Å². The van der Waals surface area contributed by atoms with E-state index in [0.29, 0.717) is 18.4 Å². The minimum absolute atomic E-state index is 0.00430. The molecule has 19 heavy (non-hydrogen) atoms. The summed E-state index contributed by atoms with van der Waals surface area (Å²) in [6.07, 6.45) is 0.483. The molecule has 0 saturated carbocycles. The molecule has 1 aliphatic heterocycles. The zero-order valence-electron chi connectivity index (χ0n) is 12.3. The highest BCUT2D eigenvalue weighted by molar-refractivity contribution is 5.31. The Morgan fingerprint density at radius 3 is 2.58 bits per heavy atom. The van der Waals surface area contributed by atoms with E-state index >= 15 is 0 Å². The molecule has 0 amide bonds. The molecule has 106 valence electrons. The van der Waals surface area contributed by atoms with Gasteiger partial charge in [0, 0.05) is 12.0 Å². The lowest BCUT2D eigenvalue weighted by atomic mass is 9.81. The molecule has 1 aliphatic rings. The molecular weight excluding hydrogens is 238 g/mol. The van der Waals surface area contributed by atoms with Crippen LogP contribution < -0.4 is 10.5 Å². The molecule has 2 N–H and O–H groups in total. The van der Waals surface area contributed by atoms with Gasteiger partial charge in [-0.05, 0) is 44.4 Å². The molecule has 0 aromatic heterocycles. The Kier molecular flexibility index (Phi) is 4.48. The van der Waals surface area contributed by atoms with Crippen LogP contribution in [0.5, 0.6) is 5.75 Å². The zero-order valence-corrected chi connectivity index (χ0v) is 12.3. The van der Waals surface area contributed by atoms with Crippen LogP contribution in [0.15, 0.2) is 24.3 Å². The van der Waals surface area contributed by atoms with Gasteiger partial charge in [0.2, 0.25) is 0 Å². The molecule has 5 unspecified atom stereocenters. The predicted octanol–water partition coefficient (Wildman–Crippen LogP) is 3.14. The van der Waals surface area contributed by atoms with Crippen LogP contribution in [0, 0.1) is 11.8 Å². The minimum atomic E-state index is -0.00430. The van der Waals surface area contributed by atoms with Crippen LogP contribution in [0.1, 0.15) is 39.3 Å². The van der Waals surface area contributed by atoms with Gasteiger partial charge in [-0.3, -0.25) is 0 Å². The molecule has 3 heteroatoms. The average Bonchev–Trinajstić information content (AvgIpc) is 2.63. The highest BCUT2D eigenvalue weighted by atomic mass is 16.5. The standard InChI is InChI=1S/C16H25NO2/c1-5-18-14-8-6-7-13(9-14)16(17)15-10(2)11(3)19-12(15)4/h6-12,15-16H,5,17H2,1-4H3. The molecule has 3 nitrogen and oxygen atoms in total. The van der Waals surface area contributed by atoms with Crippen LogP contribution in [0.25, 0.3) is 0 Å². The van der Waals surface area contributed by atoms with Gasteiger partial charge in [-0.15, -0.1) is 0 Å². The van der Waals surface area contributed by atoms with Crippen molar-refractivity contribution in [2.45, 2.75) is 45.9 Å². The van der Waals surface area contributed by atoms with Crippen molar-refractivity contribution in [2.24, 2.45) is 17.6 Å². The topological polar surface area (TPSA) is 44.5 Å². The Morgan fingerprint density at radius 2 is 2.00 bits per heavy atom. The van der Waals surface area contributed by atoms with Gasteiger partial charge in [-0.2, -0.15) is 0 Å². The normalized spacial score (nSPS) is 32.3. The van der Waals surface area contributed by atoms with Gasteiger partial charge in [0.05, 0.1) is 18.8 Å². The highest BCUT2D eigenvalue weighted by Crippen LogP contribution is 2.39. The van der Waals surface area contributed by atoms with Crippen molar-refractivity contribution >= 4 is 0 Å². The second-order valence-corrected chi connectivity index (χ2v) is 5.51. The zero-order chi connectivity index (χ0) is 14.0. The van der Waals surface area contributed by atoms with E-state index in [-0.39, 0.29) is 18.2 Å². The lowest BCUT2D eigenvalue weighted by Crippen LogP contribution is -2.30. The summed E-state index contributed by atoms with van der Waals surface area (Å²) in [6, 6.07) is 8.11. The number of benzene rings is 1. The molecule has 0 bridgehead atoms. The molecular formula is C16H25NO2. The van der Waals surface area contributed by atoms with Gasteiger partial charge in [0.25, 0.3) is 0 Å². The Morgan fingerprint density at radius 1 is 1.26 bits per heavy atom. The van der Waals surface area contributed by atoms with Crippen molar-refractivity contribution in [3.63, 3.8) is 0 Å². The van der Waals surface area contributed by atoms with E-state index in [2.05, 4.69) is 32.9 Å². The summed E-state index contributed by atoms with van der Waals surface area (Å²) in [7, 11) is 0. The molecule has 0 aliphatic carbocycles. The summed E-state index contributed by atoms with van der Waals surface area (Å²) < 4.78 is 11.4. The van der Waals surface area contributed by atoms with Crippen LogP contribution in [0.3, 0.4) is 0 Å². The summed E-state index contributed by atoms with van der Waals surface area (Å²) in [5.41, 5.74) is 7.60. The first-order chi connectivity index (χ1) is 9.04. The summed E-state index contributed by atoms with van der Waals surface area (Å²) in [5, 5.41) is 0. The number of hydrogen-bond acceptors (Lipinski definition) is 3. The lowest BCUT2D eigenvalue weighted by Gasteiger charge is -2.26. The molecule has 1 aromatic carbocycles. The molecule has 2 rings (SSSR count). The second kappa shape index (κ2) is 5.93. The monoisotopic (exact) mass is 263 g/mol. The highest BCUT2D eigenvalue weighted by Gasteiger charge is 2.40. The largest absolute Gasteiger partial charge is 0.494 e. The van der Waals surface area contributed by atoms with Crippen LogP contribution in [-0.4, -0.2) is 18.8 Å². The van der Waals surface area contributed by atoms with Crippen LogP contribution in [0.4, 0.5) is 0 Å². The third-order valence-electron chi connectivity index (χ3n) is 4.29. The molecule has 1 heterocycles. The Balaban J connectivity index is 2.19. The van der Waals surface area contributed by atoms with Crippen molar-refractivity contribution in [1.82, 2.24) is 0 Å². The summed E-state index contributed by atoms with van der Waals surface area (Å²) >= 11 is 0. The Labute approximate surface area is 116 Å². The van der Waals surface area contributed by atoms with Gasteiger partial charge in [-0.25, -0.2) is 0 Å². The number of ether oxygens (including phenoxy) is 2. The van der Waals surface area contributed by atoms with E-state index in [9.17, 15) is 0 Å². The van der Waals surface area contributed by atoms with Gasteiger partial charge in [0.15, 0.2) is 0 Å². The van der Waals surface area contributed by atoms with Crippen molar-refractivity contribution in [3.8, 4) is 5.75 Å². The fourth-order valence-corrected chi connectivity index (χ4v) is 3.11. The first-order valence-corrected chi connectivity index (χ1v) is 7.18. The summed E-state index contributed by atoms with van der Waals surface area (Å²) in [5.74, 6) is 1.72. The lowest BCUT2D eigenvalue weighted by molar-refractivity contribution is 0.0489. The maximum atomic E-state index is 6.47. The third kappa shape index (κ3) is 2.93. The van der Waals surface area contributed by atoms with Crippen LogP contribution in [-0.2, 0) is 4.74 Å². The fraction of sp³-hybridized carbons (Fsp3) is 0.625.